The van der Waals surface area contributed by atoms with Gasteiger partial charge in [0, 0.05) is 11.3 Å². The maximum atomic E-state index is 6.12. The minimum Gasteiger partial charge on any atom is -0.436 e. The average Bonchev–Trinajstić information content (AvgIpc) is 3.01. The SMILES string of the molecule is CCC(C)=Nc1ccc(C2=Cc3oc(-c4ccc(C)cc4)nc3C=CC2)cc1C. The van der Waals surface area contributed by atoms with Gasteiger partial charge in [0.05, 0.1) is 5.69 Å². The molecule has 3 heteroatoms. The average molecular weight is 383 g/mol. The van der Waals surface area contributed by atoms with E-state index in [1.54, 1.807) is 0 Å². The quantitative estimate of drug-likeness (QED) is 0.440. The minimum atomic E-state index is 0.660. The molecule has 0 amide bonds. The summed E-state index contributed by atoms with van der Waals surface area (Å²) in [5.74, 6) is 1.47. The molecule has 0 saturated carbocycles. The fraction of sp³-hybridized carbons (Fsp3) is 0.231. The lowest BCUT2D eigenvalue weighted by Crippen LogP contribution is -1.89. The van der Waals surface area contributed by atoms with Gasteiger partial charge in [-0.25, -0.2) is 4.98 Å². The Balaban J connectivity index is 1.68. The lowest BCUT2D eigenvalue weighted by Gasteiger charge is -2.08. The van der Waals surface area contributed by atoms with E-state index in [0.717, 1.165) is 41.3 Å². The maximum absolute atomic E-state index is 6.12. The number of nitrogens with zero attached hydrogens (tertiary/aromatic N) is 2. The maximum Gasteiger partial charge on any atom is 0.227 e. The summed E-state index contributed by atoms with van der Waals surface area (Å²) < 4.78 is 6.12. The zero-order chi connectivity index (χ0) is 20.4. The van der Waals surface area contributed by atoms with E-state index in [2.05, 4.69) is 88.4 Å². The summed E-state index contributed by atoms with van der Waals surface area (Å²) in [5, 5.41) is 0. The van der Waals surface area contributed by atoms with Crippen molar-refractivity contribution in [3.63, 3.8) is 0 Å². The lowest BCUT2D eigenvalue weighted by atomic mass is 9.99. The second kappa shape index (κ2) is 8.04. The Morgan fingerprint density at radius 3 is 2.55 bits per heavy atom. The predicted octanol–water partition coefficient (Wildman–Crippen LogP) is 7.42. The molecule has 3 nitrogen and oxygen atoms in total. The molecule has 0 aliphatic heterocycles. The number of oxazole rings is 1. The zero-order valence-electron chi connectivity index (χ0n) is 17.5. The van der Waals surface area contributed by atoms with Crippen molar-refractivity contribution < 1.29 is 4.42 Å². The number of hydrogen-bond donors (Lipinski definition) is 0. The molecule has 1 aliphatic rings. The van der Waals surface area contributed by atoms with Crippen LogP contribution in [0.4, 0.5) is 5.69 Å². The van der Waals surface area contributed by atoms with Crippen LogP contribution in [0.1, 0.15) is 54.8 Å². The summed E-state index contributed by atoms with van der Waals surface area (Å²) in [5.41, 5.74) is 8.89. The Morgan fingerprint density at radius 1 is 1.07 bits per heavy atom. The van der Waals surface area contributed by atoms with E-state index in [9.17, 15) is 0 Å². The van der Waals surface area contributed by atoms with Gasteiger partial charge in [0.15, 0.2) is 5.76 Å². The molecule has 4 rings (SSSR count). The highest BCUT2D eigenvalue weighted by molar-refractivity contribution is 5.87. The van der Waals surface area contributed by atoms with Crippen LogP contribution in [0.3, 0.4) is 0 Å². The van der Waals surface area contributed by atoms with Gasteiger partial charge >= 0.3 is 0 Å². The molecule has 0 atom stereocenters. The number of fused-ring (bicyclic) bond motifs is 1. The van der Waals surface area contributed by atoms with E-state index in [1.807, 2.05) is 0 Å². The molecule has 146 valence electrons. The van der Waals surface area contributed by atoms with Crippen LogP contribution < -0.4 is 0 Å². The van der Waals surface area contributed by atoms with Gasteiger partial charge in [-0.1, -0.05) is 36.8 Å². The third kappa shape index (κ3) is 4.14. The molecule has 0 saturated heterocycles. The second-order valence-corrected chi connectivity index (χ2v) is 7.61. The smallest absolute Gasteiger partial charge is 0.227 e. The highest BCUT2D eigenvalue weighted by Gasteiger charge is 2.15. The van der Waals surface area contributed by atoms with Crippen molar-refractivity contribution >= 4 is 29.1 Å². The highest BCUT2D eigenvalue weighted by Crippen LogP contribution is 2.33. The summed E-state index contributed by atoms with van der Waals surface area (Å²) in [7, 11) is 0. The van der Waals surface area contributed by atoms with E-state index in [1.165, 1.54) is 22.3 Å². The second-order valence-electron chi connectivity index (χ2n) is 7.61. The Morgan fingerprint density at radius 2 is 1.83 bits per heavy atom. The number of hydrogen-bond acceptors (Lipinski definition) is 3. The van der Waals surface area contributed by atoms with Gasteiger partial charge in [0.1, 0.15) is 5.69 Å². The first kappa shape index (κ1) is 19.1. The van der Waals surface area contributed by atoms with Gasteiger partial charge in [-0.2, -0.15) is 0 Å². The third-order valence-corrected chi connectivity index (χ3v) is 5.29. The predicted molar refractivity (Wildman–Crippen MR) is 122 cm³/mol. The van der Waals surface area contributed by atoms with Gasteiger partial charge in [0.25, 0.3) is 0 Å². The fourth-order valence-electron chi connectivity index (χ4n) is 3.37. The minimum absolute atomic E-state index is 0.660. The number of benzene rings is 2. The topological polar surface area (TPSA) is 38.4 Å². The molecule has 0 bridgehead atoms. The molecule has 0 N–H and O–H groups in total. The normalized spacial score (nSPS) is 13.8. The highest BCUT2D eigenvalue weighted by atomic mass is 16.4. The van der Waals surface area contributed by atoms with Crippen LogP contribution in [0.2, 0.25) is 0 Å². The fourth-order valence-corrected chi connectivity index (χ4v) is 3.37. The molecule has 0 fully saturated rings. The van der Waals surface area contributed by atoms with Gasteiger partial charge in [-0.3, -0.25) is 4.99 Å². The van der Waals surface area contributed by atoms with Gasteiger partial charge < -0.3 is 4.42 Å². The summed E-state index contributed by atoms with van der Waals surface area (Å²) in [6, 6.07) is 14.7. The molecule has 29 heavy (non-hydrogen) atoms. The molecule has 3 aromatic rings. The standard InChI is InChI=1S/C26H26N2O/c1-5-19(4)27-23-14-13-22(15-18(23)3)21-7-6-8-24-25(16-21)29-26(28-24)20-11-9-17(2)10-12-20/h6,8-16H,5,7H2,1-4H3. The van der Waals surface area contributed by atoms with Crippen LogP contribution in [-0.4, -0.2) is 10.7 Å². The monoisotopic (exact) mass is 382 g/mol. The van der Waals surface area contributed by atoms with Crippen molar-refractivity contribution in [1.82, 2.24) is 4.98 Å². The van der Waals surface area contributed by atoms with Crippen molar-refractivity contribution in [2.45, 2.75) is 40.5 Å². The molecule has 2 aromatic carbocycles. The first-order valence-electron chi connectivity index (χ1n) is 10.1. The molecule has 0 radical (unpaired) electrons. The van der Waals surface area contributed by atoms with E-state index in [4.69, 9.17) is 14.4 Å². The van der Waals surface area contributed by atoms with Gasteiger partial charge in [0.2, 0.25) is 5.89 Å². The van der Waals surface area contributed by atoms with E-state index in [-0.39, 0.29) is 0 Å². The summed E-state index contributed by atoms with van der Waals surface area (Å²) in [6.45, 7) is 8.40. The molecular formula is C26H26N2O. The molecule has 1 aromatic heterocycles. The molecule has 0 unspecified atom stereocenters. The zero-order valence-corrected chi connectivity index (χ0v) is 17.5. The Bertz CT molecular complexity index is 1130. The Labute approximate surface area is 172 Å². The number of rotatable bonds is 4. The van der Waals surface area contributed by atoms with Crippen molar-refractivity contribution in [1.29, 1.82) is 0 Å². The third-order valence-electron chi connectivity index (χ3n) is 5.29. The number of allylic oxidation sites excluding steroid dienone is 2. The molecule has 0 spiro atoms. The van der Waals surface area contributed by atoms with Gasteiger partial charge in [-0.05, 0) is 86.7 Å². The largest absolute Gasteiger partial charge is 0.436 e. The van der Waals surface area contributed by atoms with Gasteiger partial charge in [-0.15, -0.1) is 0 Å². The van der Waals surface area contributed by atoms with Crippen LogP contribution in [0.25, 0.3) is 29.2 Å². The van der Waals surface area contributed by atoms with Crippen molar-refractivity contribution in [3.05, 3.63) is 76.7 Å². The lowest BCUT2D eigenvalue weighted by molar-refractivity contribution is 0.564. The molecule has 1 aliphatic carbocycles. The molecule has 1 heterocycles. The van der Waals surface area contributed by atoms with Crippen LogP contribution in [0.5, 0.6) is 0 Å². The van der Waals surface area contributed by atoms with Crippen LogP contribution in [0.15, 0.2) is 58.0 Å². The van der Waals surface area contributed by atoms with E-state index >= 15 is 0 Å². The first-order valence-corrected chi connectivity index (χ1v) is 10.1. The van der Waals surface area contributed by atoms with E-state index in [0.29, 0.717) is 5.89 Å². The van der Waals surface area contributed by atoms with Crippen LogP contribution >= 0.6 is 0 Å². The summed E-state index contributed by atoms with van der Waals surface area (Å²) in [4.78, 5) is 9.41. The summed E-state index contributed by atoms with van der Waals surface area (Å²) >= 11 is 0. The Hall–Kier alpha value is -3.20. The summed E-state index contributed by atoms with van der Waals surface area (Å²) in [6.07, 6.45) is 8.14. The van der Waals surface area contributed by atoms with Crippen molar-refractivity contribution in [2.75, 3.05) is 0 Å². The van der Waals surface area contributed by atoms with E-state index < -0.39 is 0 Å². The first-order chi connectivity index (χ1) is 14.0. The van der Waals surface area contributed by atoms with Crippen LogP contribution in [0, 0.1) is 13.8 Å². The van der Waals surface area contributed by atoms with Crippen LogP contribution in [-0.2, 0) is 0 Å². The Kier molecular flexibility index (Phi) is 5.30. The van der Waals surface area contributed by atoms with Crippen molar-refractivity contribution in [2.24, 2.45) is 4.99 Å². The number of aliphatic imine (C=N–C) groups is 1. The molecular weight excluding hydrogens is 356 g/mol. The number of aryl methyl sites for hydroxylation is 2. The number of aromatic nitrogens is 1. The van der Waals surface area contributed by atoms with Crippen molar-refractivity contribution in [3.8, 4) is 11.5 Å².